The van der Waals surface area contributed by atoms with E-state index >= 15 is 0 Å². The van der Waals surface area contributed by atoms with Crippen LogP contribution in [0.2, 0.25) is 0 Å². The molecular formula is C21H15BrN4O2S. The van der Waals surface area contributed by atoms with Crippen molar-refractivity contribution in [3.8, 4) is 11.5 Å². The van der Waals surface area contributed by atoms with Crippen LogP contribution in [0.15, 0.2) is 69.7 Å². The Morgan fingerprint density at radius 2 is 1.93 bits per heavy atom. The maximum absolute atomic E-state index is 12.3. The van der Waals surface area contributed by atoms with Crippen LogP contribution in [0.25, 0.3) is 22.7 Å². The van der Waals surface area contributed by atoms with E-state index in [0.717, 1.165) is 21.3 Å². The minimum atomic E-state index is -0.275. The number of fused-ring (bicyclic) bond motifs is 1. The van der Waals surface area contributed by atoms with Gasteiger partial charge in [-0.1, -0.05) is 15.9 Å². The molecule has 0 bridgehead atoms. The second kappa shape index (κ2) is 8.10. The normalized spacial score (nSPS) is 10.7. The molecule has 8 heteroatoms. The van der Waals surface area contributed by atoms with Gasteiger partial charge in [-0.3, -0.25) is 10.1 Å². The first-order valence-electron chi connectivity index (χ1n) is 8.70. The number of hydrogen-bond acceptors (Lipinski definition) is 5. The van der Waals surface area contributed by atoms with Crippen LogP contribution in [0.3, 0.4) is 0 Å². The molecule has 2 heterocycles. The molecule has 2 N–H and O–H groups in total. The third-order valence-electron chi connectivity index (χ3n) is 4.22. The Bertz CT molecular complexity index is 1190. The summed E-state index contributed by atoms with van der Waals surface area (Å²) in [6, 6.07) is 16.4. The van der Waals surface area contributed by atoms with E-state index in [9.17, 15) is 4.79 Å². The lowest BCUT2D eigenvalue weighted by molar-refractivity contribution is 0.0977. The van der Waals surface area contributed by atoms with Gasteiger partial charge in [0.05, 0.1) is 0 Å². The van der Waals surface area contributed by atoms with Crippen LogP contribution in [0.4, 0.5) is 5.69 Å². The molecule has 0 atom stereocenters. The third kappa shape index (κ3) is 4.33. The van der Waals surface area contributed by atoms with Crippen LogP contribution in [-0.4, -0.2) is 21.0 Å². The molecular weight excluding hydrogens is 452 g/mol. The first kappa shape index (κ1) is 19.2. The van der Waals surface area contributed by atoms with Gasteiger partial charge < -0.3 is 9.73 Å². The monoisotopic (exact) mass is 466 g/mol. The van der Waals surface area contributed by atoms with Crippen LogP contribution in [0.1, 0.15) is 15.9 Å². The number of aryl methyl sites for hydroxylation is 1. The molecule has 4 rings (SSSR count). The fourth-order valence-electron chi connectivity index (χ4n) is 2.76. The maximum atomic E-state index is 12.3. The summed E-state index contributed by atoms with van der Waals surface area (Å²) in [4.78, 5) is 20.9. The molecule has 0 saturated carbocycles. The van der Waals surface area contributed by atoms with Gasteiger partial charge in [-0.25, -0.2) is 4.98 Å². The van der Waals surface area contributed by atoms with Crippen molar-refractivity contribution in [2.24, 2.45) is 0 Å². The standard InChI is InChI=1S/C21H15BrN4O2S/c1-12-11-14(20-25-18-17(28-20)3-2-10-23-18)6-9-16(12)24-21(29)26-19(27)13-4-7-15(22)8-5-13/h2-11H,1H3,(H2,24,26,27,29). The molecule has 4 aromatic rings. The molecule has 0 aliphatic carbocycles. The van der Waals surface area contributed by atoms with Crippen LogP contribution < -0.4 is 10.6 Å². The summed E-state index contributed by atoms with van der Waals surface area (Å²) in [5, 5.41) is 5.96. The fraction of sp³-hybridized carbons (Fsp3) is 0.0476. The largest absolute Gasteiger partial charge is 0.434 e. The number of anilines is 1. The molecule has 0 unspecified atom stereocenters. The number of rotatable bonds is 3. The highest BCUT2D eigenvalue weighted by molar-refractivity contribution is 9.10. The number of benzene rings is 2. The first-order valence-corrected chi connectivity index (χ1v) is 9.90. The van der Waals surface area contributed by atoms with Gasteiger partial charge in [0, 0.05) is 27.5 Å². The molecule has 2 aromatic heterocycles. The number of oxazole rings is 1. The third-order valence-corrected chi connectivity index (χ3v) is 4.95. The zero-order valence-electron chi connectivity index (χ0n) is 15.3. The van der Waals surface area contributed by atoms with E-state index in [2.05, 4.69) is 36.5 Å². The van der Waals surface area contributed by atoms with Gasteiger partial charge in [0.2, 0.25) is 5.89 Å². The van der Waals surface area contributed by atoms with Crippen molar-refractivity contribution >= 4 is 56.1 Å². The SMILES string of the molecule is Cc1cc(-c2nc3ncccc3o2)ccc1NC(=S)NC(=O)c1ccc(Br)cc1. The summed E-state index contributed by atoms with van der Waals surface area (Å²) in [6.07, 6.45) is 1.68. The van der Waals surface area contributed by atoms with Gasteiger partial charge >= 0.3 is 0 Å². The molecule has 1 amide bonds. The molecule has 2 aromatic carbocycles. The summed E-state index contributed by atoms with van der Waals surface area (Å²) in [6.45, 7) is 1.94. The van der Waals surface area contributed by atoms with E-state index in [1.807, 2.05) is 31.2 Å². The van der Waals surface area contributed by atoms with Crippen molar-refractivity contribution in [1.29, 1.82) is 0 Å². The number of thiocarbonyl (C=S) groups is 1. The van der Waals surface area contributed by atoms with Gasteiger partial charge in [-0.05, 0) is 79.3 Å². The highest BCUT2D eigenvalue weighted by Crippen LogP contribution is 2.26. The lowest BCUT2D eigenvalue weighted by Crippen LogP contribution is -2.34. The Morgan fingerprint density at radius 1 is 1.14 bits per heavy atom. The zero-order valence-corrected chi connectivity index (χ0v) is 17.7. The molecule has 0 aliphatic rings. The minimum Gasteiger partial charge on any atom is -0.434 e. The lowest BCUT2D eigenvalue weighted by Gasteiger charge is -2.12. The minimum absolute atomic E-state index is 0.222. The number of carbonyl (C=O) groups is 1. The van der Waals surface area contributed by atoms with Crippen molar-refractivity contribution < 1.29 is 9.21 Å². The van der Waals surface area contributed by atoms with Gasteiger partial charge in [0.25, 0.3) is 5.91 Å². The number of nitrogens with zero attached hydrogens (tertiary/aromatic N) is 2. The second-order valence-electron chi connectivity index (χ2n) is 6.29. The number of hydrogen-bond donors (Lipinski definition) is 2. The van der Waals surface area contributed by atoms with E-state index in [4.69, 9.17) is 16.6 Å². The van der Waals surface area contributed by atoms with Crippen LogP contribution in [-0.2, 0) is 0 Å². The highest BCUT2D eigenvalue weighted by Gasteiger charge is 2.12. The molecule has 144 valence electrons. The summed E-state index contributed by atoms with van der Waals surface area (Å²) in [5.74, 6) is 0.225. The fourth-order valence-corrected chi connectivity index (χ4v) is 3.23. The predicted molar refractivity (Wildman–Crippen MR) is 120 cm³/mol. The van der Waals surface area contributed by atoms with E-state index in [0.29, 0.717) is 22.7 Å². The van der Waals surface area contributed by atoms with Gasteiger partial charge in [0.1, 0.15) is 0 Å². The average Bonchev–Trinajstić information content (AvgIpc) is 3.14. The summed E-state index contributed by atoms with van der Waals surface area (Å²) in [5.41, 5.74) is 4.27. The number of halogens is 1. The predicted octanol–water partition coefficient (Wildman–Crippen LogP) is 5.09. The molecule has 29 heavy (non-hydrogen) atoms. The Labute approximate surface area is 180 Å². The Morgan fingerprint density at radius 3 is 2.66 bits per heavy atom. The molecule has 0 fully saturated rings. The maximum Gasteiger partial charge on any atom is 0.257 e. The highest BCUT2D eigenvalue weighted by atomic mass is 79.9. The summed E-state index contributed by atoms with van der Waals surface area (Å²) < 4.78 is 6.66. The zero-order chi connectivity index (χ0) is 20.4. The second-order valence-corrected chi connectivity index (χ2v) is 7.61. The van der Waals surface area contributed by atoms with Crippen molar-refractivity contribution in [3.63, 3.8) is 0 Å². The number of aromatic nitrogens is 2. The van der Waals surface area contributed by atoms with Crippen LogP contribution in [0.5, 0.6) is 0 Å². The van der Waals surface area contributed by atoms with Crippen LogP contribution >= 0.6 is 28.1 Å². The average molecular weight is 467 g/mol. The molecule has 0 saturated heterocycles. The van der Waals surface area contributed by atoms with Crippen molar-refractivity contribution in [3.05, 3.63) is 76.4 Å². The lowest BCUT2D eigenvalue weighted by atomic mass is 10.1. The summed E-state index contributed by atoms with van der Waals surface area (Å²) >= 11 is 8.62. The molecule has 0 aliphatic heterocycles. The van der Waals surface area contributed by atoms with E-state index in [1.165, 1.54) is 0 Å². The van der Waals surface area contributed by atoms with Gasteiger partial charge in [-0.15, -0.1) is 0 Å². The molecule has 6 nitrogen and oxygen atoms in total. The Balaban J connectivity index is 1.47. The number of nitrogens with one attached hydrogen (secondary N) is 2. The quantitative estimate of drug-likeness (QED) is 0.409. The van der Waals surface area contributed by atoms with Gasteiger partial charge in [-0.2, -0.15) is 4.98 Å². The topological polar surface area (TPSA) is 80.1 Å². The molecule has 0 spiro atoms. The molecule has 0 radical (unpaired) electrons. The first-order chi connectivity index (χ1) is 14.0. The summed E-state index contributed by atoms with van der Waals surface area (Å²) in [7, 11) is 0. The Kier molecular flexibility index (Phi) is 5.37. The van der Waals surface area contributed by atoms with Crippen molar-refractivity contribution in [1.82, 2.24) is 15.3 Å². The van der Waals surface area contributed by atoms with E-state index in [-0.39, 0.29) is 11.0 Å². The van der Waals surface area contributed by atoms with E-state index in [1.54, 1.807) is 36.5 Å². The number of pyridine rings is 1. The Hall–Kier alpha value is -3.10. The van der Waals surface area contributed by atoms with Crippen molar-refractivity contribution in [2.45, 2.75) is 6.92 Å². The number of carbonyl (C=O) groups excluding carboxylic acids is 1. The van der Waals surface area contributed by atoms with Crippen LogP contribution in [0, 0.1) is 6.92 Å². The van der Waals surface area contributed by atoms with Gasteiger partial charge in [0.15, 0.2) is 16.3 Å². The number of amides is 1. The smallest absolute Gasteiger partial charge is 0.257 e. The van der Waals surface area contributed by atoms with Crippen molar-refractivity contribution in [2.75, 3.05) is 5.32 Å². The van der Waals surface area contributed by atoms with E-state index < -0.39 is 0 Å².